The highest BCUT2D eigenvalue weighted by molar-refractivity contribution is 6.29. The highest BCUT2D eigenvalue weighted by Crippen LogP contribution is 2.16. The molecule has 1 heterocycles. The first kappa shape index (κ1) is 12.8. The normalized spacial score (nSPS) is 9.88. The molecule has 0 saturated carbocycles. The highest BCUT2D eigenvalue weighted by atomic mass is 35.5. The monoisotopic (exact) mass is 239 g/mol. The Bertz CT molecular complexity index is 389. The van der Waals surface area contributed by atoms with E-state index >= 15 is 0 Å². The standard InChI is InChI=1S/C11H14ClN3O/c1-15(4-3-5-16-2)11-7-9(8-13)6-10(12)14-11/h6-7H,3-5H2,1-2H3. The van der Waals surface area contributed by atoms with Crippen LogP contribution in [0.15, 0.2) is 12.1 Å². The number of pyridine rings is 1. The van der Waals surface area contributed by atoms with Gasteiger partial charge in [0.15, 0.2) is 0 Å². The van der Waals surface area contributed by atoms with Gasteiger partial charge >= 0.3 is 0 Å². The molecule has 1 aromatic rings. The molecular formula is C11H14ClN3O. The van der Waals surface area contributed by atoms with Gasteiger partial charge in [0, 0.05) is 27.3 Å². The summed E-state index contributed by atoms with van der Waals surface area (Å²) < 4.78 is 4.97. The molecule has 5 heteroatoms. The Hall–Kier alpha value is -1.31. The summed E-state index contributed by atoms with van der Waals surface area (Å²) in [6.45, 7) is 1.52. The minimum Gasteiger partial charge on any atom is -0.385 e. The lowest BCUT2D eigenvalue weighted by Crippen LogP contribution is -2.20. The van der Waals surface area contributed by atoms with E-state index < -0.39 is 0 Å². The fraction of sp³-hybridized carbons (Fsp3) is 0.455. The molecular weight excluding hydrogens is 226 g/mol. The molecule has 1 rings (SSSR count). The van der Waals surface area contributed by atoms with Gasteiger partial charge in [0.1, 0.15) is 11.0 Å². The maximum Gasteiger partial charge on any atom is 0.132 e. The van der Waals surface area contributed by atoms with E-state index in [9.17, 15) is 0 Å². The van der Waals surface area contributed by atoms with Crippen LogP contribution in [0.25, 0.3) is 0 Å². The lowest BCUT2D eigenvalue weighted by molar-refractivity contribution is 0.196. The third-order valence-electron chi connectivity index (χ3n) is 2.14. The quantitative estimate of drug-likeness (QED) is 0.583. The van der Waals surface area contributed by atoms with Crippen LogP contribution in [0.2, 0.25) is 5.15 Å². The Morgan fingerprint density at radius 3 is 2.94 bits per heavy atom. The van der Waals surface area contributed by atoms with Crippen LogP contribution in [-0.2, 0) is 4.74 Å². The second-order valence-electron chi connectivity index (χ2n) is 3.42. The average Bonchev–Trinajstić information content (AvgIpc) is 2.28. The smallest absolute Gasteiger partial charge is 0.132 e. The molecule has 0 spiro atoms. The molecule has 0 aliphatic carbocycles. The fourth-order valence-electron chi connectivity index (χ4n) is 1.30. The van der Waals surface area contributed by atoms with Crippen LogP contribution in [0.1, 0.15) is 12.0 Å². The van der Waals surface area contributed by atoms with Crippen LogP contribution in [0.5, 0.6) is 0 Å². The summed E-state index contributed by atoms with van der Waals surface area (Å²) in [7, 11) is 3.58. The van der Waals surface area contributed by atoms with Gasteiger partial charge in [0.2, 0.25) is 0 Å². The Labute approximate surface area is 100 Å². The van der Waals surface area contributed by atoms with Crippen molar-refractivity contribution in [1.29, 1.82) is 5.26 Å². The van der Waals surface area contributed by atoms with Crippen molar-refractivity contribution >= 4 is 17.4 Å². The molecule has 16 heavy (non-hydrogen) atoms. The van der Waals surface area contributed by atoms with Crippen LogP contribution in [0.4, 0.5) is 5.82 Å². The summed E-state index contributed by atoms with van der Waals surface area (Å²) >= 11 is 5.82. The first-order valence-electron chi connectivity index (χ1n) is 4.95. The predicted molar refractivity (Wildman–Crippen MR) is 63.7 cm³/mol. The molecule has 0 bridgehead atoms. The maximum absolute atomic E-state index is 8.81. The molecule has 0 unspecified atom stereocenters. The second-order valence-corrected chi connectivity index (χ2v) is 3.80. The molecule has 0 aromatic carbocycles. The lowest BCUT2D eigenvalue weighted by atomic mass is 10.3. The van der Waals surface area contributed by atoms with Gasteiger partial charge in [0.25, 0.3) is 0 Å². The van der Waals surface area contributed by atoms with Crippen molar-refractivity contribution < 1.29 is 4.74 Å². The van der Waals surface area contributed by atoms with Crippen LogP contribution >= 0.6 is 11.6 Å². The molecule has 0 saturated heterocycles. The Balaban J connectivity index is 2.71. The zero-order chi connectivity index (χ0) is 12.0. The molecule has 86 valence electrons. The number of ether oxygens (including phenoxy) is 1. The number of aromatic nitrogens is 1. The van der Waals surface area contributed by atoms with E-state index in [-0.39, 0.29) is 0 Å². The average molecular weight is 240 g/mol. The van der Waals surface area contributed by atoms with Crippen LogP contribution in [-0.4, -0.2) is 32.3 Å². The predicted octanol–water partition coefficient (Wildman–Crippen LogP) is 2.08. The molecule has 0 atom stereocenters. The molecule has 0 fully saturated rings. The van der Waals surface area contributed by atoms with Crippen molar-refractivity contribution in [1.82, 2.24) is 4.98 Å². The molecule has 0 N–H and O–H groups in total. The van der Waals surface area contributed by atoms with E-state index in [4.69, 9.17) is 21.6 Å². The fourth-order valence-corrected chi connectivity index (χ4v) is 1.51. The van der Waals surface area contributed by atoms with Crippen LogP contribution < -0.4 is 4.90 Å². The van der Waals surface area contributed by atoms with Crippen molar-refractivity contribution in [2.24, 2.45) is 0 Å². The van der Waals surface area contributed by atoms with E-state index in [1.54, 1.807) is 19.2 Å². The van der Waals surface area contributed by atoms with E-state index in [0.29, 0.717) is 23.1 Å². The van der Waals surface area contributed by atoms with Gasteiger partial charge in [-0.05, 0) is 18.6 Å². The Kier molecular flexibility index (Phi) is 5.03. The van der Waals surface area contributed by atoms with Crippen molar-refractivity contribution in [2.75, 3.05) is 32.2 Å². The third kappa shape index (κ3) is 3.69. The zero-order valence-corrected chi connectivity index (χ0v) is 10.2. The summed E-state index contributed by atoms with van der Waals surface area (Å²) in [4.78, 5) is 6.11. The van der Waals surface area contributed by atoms with Gasteiger partial charge in [0.05, 0.1) is 11.6 Å². The summed E-state index contributed by atoms with van der Waals surface area (Å²) in [5.41, 5.74) is 0.522. The van der Waals surface area contributed by atoms with E-state index in [1.807, 2.05) is 11.9 Å². The van der Waals surface area contributed by atoms with Crippen molar-refractivity contribution in [3.63, 3.8) is 0 Å². The number of methoxy groups -OCH3 is 1. The van der Waals surface area contributed by atoms with Gasteiger partial charge in [-0.15, -0.1) is 0 Å². The summed E-state index contributed by atoms with van der Waals surface area (Å²) in [5, 5.41) is 9.15. The number of rotatable bonds is 5. The number of nitriles is 1. The van der Waals surface area contributed by atoms with E-state index in [2.05, 4.69) is 11.1 Å². The zero-order valence-electron chi connectivity index (χ0n) is 9.40. The van der Waals surface area contributed by atoms with Gasteiger partial charge in [-0.3, -0.25) is 0 Å². The number of anilines is 1. The Morgan fingerprint density at radius 1 is 1.56 bits per heavy atom. The molecule has 0 amide bonds. The maximum atomic E-state index is 8.81. The van der Waals surface area contributed by atoms with E-state index in [1.165, 1.54) is 0 Å². The lowest BCUT2D eigenvalue weighted by Gasteiger charge is -2.18. The number of halogens is 1. The minimum absolute atomic E-state index is 0.340. The van der Waals surface area contributed by atoms with Crippen LogP contribution in [0, 0.1) is 11.3 Å². The highest BCUT2D eigenvalue weighted by Gasteiger charge is 2.05. The first-order valence-corrected chi connectivity index (χ1v) is 5.33. The summed E-state index contributed by atoms with van der Waals surface area (Å²) in [5.74, 6) is 0.708. The van der Waals surface area contributed by atoms with Crippen molar-refractivity contribution in [3.8, 4) is 6.07 Å². The van der Waals surface area contributed by atoms with Crippen molar-refractivity contribution in [3.05, 3.63) is 22.8 Å². The molecule has 4 nitrogen and oxygen atoms in total. The summed E-state index contributed by atoms with van der Waals surface area (Å²) in [6, 6.07) is 5.33. The number of hydrogen-bond donors (Lipinski definition) is 0. The van der Waals surface area contributed by atoms with Gasteiger partial charge < -0.3 is 9.64 Å². The van der Waals surface area contributed by atoms with Gasteiger partial charge in [-0.1, -0.05) is 11.6 Å². The SMILES string of the molecule is COCCCN(C)c1cc(C#N)cc(Cl)n1. The molecule has 0 radical (unpaired) electrons. The topological polar surface area (TPSA) is 49.1 Å². The molecule has 0 aliphatic heterocycles. The van der Waals surface area contributed by atoms with Crippen LogP contribution in [0.3, 0.4) is 0 Å². The number of hydrogen-bond acceptors (Lipinski definition) is 4. The van der Waals surface area contributed by atoms with E-state index in [0.717, 1.165) is 13.0 Å². The molecule has 1 aromatic heterocycles. The largest absolute Gasteiger partial charge is 0.385 e. The second kappa shape index (κ2) is 6.31. The first-order chi connectivity index (χ1) is 7.67. The van der Waals surface area contributed by atoms with Gasteiger partial charge in [-0.25, -0.2) is 4.98 Å². The minimum atomic E-state index is 0.340. The third-order valence-corrected chi connectivity index (χ3v) is 2.34. The Morgan fingerprint density at radius 2 is 2.31 bits per heavy atom. The molecule has 0 aliphatic rings. The number of nitrogens with zero attached hydrogens (tertiary/aromatic N) is 3. The summed E-state index contributed by atoms with van der Waals surface area (Å²) in [6.07, 6.45) is 0.906. The van der Waals surface area contributed by atoms with Gasteiger partial charge in [-0.2, -0.15) is 5.26 Å². The van der Waals surface area contributed by atoms with Crippen molar-refractivity contribution in [2.45, 2.75) is 6.42 Å².